The van der Waals surface area contributed by atoms with Crippen LogP contribution in [0.25, 0.3) is 6.08 Å². The summed E-state index contributed by atoms with van der Waals surface area (Å²) in [5, 5.41) is 5.41. The molecule has 39 heavy (non-hydrogen) atoms. The Bertz CT molecular complexity index is 1490. The smallest absolute Gasteiger partial charge is 0.335 e. The Morgan fingerprint density at radius 3 is 2.46 bits per heavy atom. The van der Waals surface area contributed by atoms with Crippen molar-refractivity contribution in [3.8, 4) is 11.5 Å². The summed E-state index contributed by atoms with van der Waals surface area (Å²) in [6.07, 6.45) is 1.29. The molecular weight excluding hydrogens is 545 g/mol. The normalized spacial score (nSPS) is 14.3. The highest BCUT2D eigenvalue weighted by Gasteiger charge is 2.36. The topological polar surface area (TPSA) is 114 Å². The summed E-state index contributed by atoms with van der Waals surface area (Å²) in [7, 11) is 0. The summed E-state index contributed by atoms with van der Waals surface area (Å²) in [5.41, 5.74) is 1.90. The fourth-order valence-corrected chi connectivity index (χ4v) is 4.18. The highest BCUT2D eigenvalue weighted by atomic mass is 35.5. The van der Waals surface area contributed by atoms with Crippen molar-refractivity contribution in [2.24, 2.45) is 0 Å². The highest BCUT2D eigenvalue weighted by molar-refractivity contribution is 6.39. The van der Waals surface area contributed by atoms with Crippen LogP contribution in [0.15, 0.2) is 66.2 Å². The lowest BCUT2D eigenvalue weighted by atomic mass is 10.1. The molecule has 0 saturated carbocycles. The van der Waals surface area contributed by atoms with Crippen LogP contribution in [0, 0.1) is 6.92 Å². The first-order valence-electron chi connectivity index (χ1n) is 11.8. The van der Waals surface area contributed by atoms with Gasteiger partial charge in [0.15, 0.2) is 18.1 Å². The van der Waals surface area contributed by atoms with Crippen molar-refractivity contribution in [2.45, 2.75) is 13.8 Å². The van der Waals surface area contributed by atoms with E-state index >= 15 is 0 Å². The maximum Gasteiger partial charge on any atom is 0.335 e. The van der Waals surface area contributed by atoms with Crippen LogP contribution in [0.3, 0.4) is 0 Å². The average molecular weight is 568 g/mol. The number of carbonyl (C=O) groups excluding carboxylic acids is 4. The molecule has 0 spiro atoms. The average Bonchev–Trinajstić information content (AvgIpc) is 2.87. The van der Waals surface area contributed by atoms with Gasteiger partial charge in [-0.15, -0.1) is 0 Å². The Labute approximate surface area is 234 Å². The molecular formula is C28H23Cl2N3O6. The van der Waals surface area contributed by atoms with E-state index in [1.165, 1.54) is 42.5 Å². The van der Waals surface area contributed by atoms with E-state index < -0.39 is 23.8 Å². The molecule has 0 aliphatic carbocycles. The van der Waals surface area contributed by atoms with Crippen LogP contribution < -0.4 is 25.0 Å². The summed E-state index contributed by atoms with van der Waals surface area (Å²) in [4.78, 5) is 51.4. The Kier molecular flexibility index (Phi) is 8.53. The standard InChI is InChI=1S/C28H23Cl2N3O6/c1-3-38-23-14-17(13-22(30)25(23)39-15-24(34)31-19-6-4-5-16(2)11-19)12-21-26(35)32-28(37)33(27(21)36)20-9-7-18(29)8-10-20/h4-14H,3,15H2,1-2H3,(H,31,34)(H,32,35,37)/b21-12+. The van der Waals surface area contributed by atoms with Gasteiger partial charge in [-0.1, -0.05) is 35.3 Å². The molecule has 5 amide bonds. The lowest BCUT2D eigenvalue weighted by Gasteiger charge is -2.26. The van der Waals surface area contributed by atoms with E-state index in [-0.39, 0.29) is 41.0 Å². The minimum Gasteiger partial charge on any atom is -0.490 e. The number of urea groups is 1. The quantitative estimate of drug-likeness (QED) is 0.279. The van der Waals surface area contributed by atoms with Crippen molar-refractivity contribution in [3.05, 3.63) is 87.4 Å². The van der Waals surface area contributed by atoms with E-state index in [1.807, 2.05) is 25.1 Å². The first-order chi connectivity index (χ1) is 18.7. The molecule has 0 aromatic heterocycles. The summed E-state index contributed by atoms with van der Waals surface area (Å²) >= 11 is 12.4. The van der Waals surface area contributed by atoms with Gasteiger partial charge in [-0.25, -0.2) is 9.69 Å². The number of aryl methyl sites for hydroxylation is 1. The van der Waals surface area contributed by atoms with E-state index in [1.54, 1.807) is 13.0 Å². The molecule has 1 heterocycles. The molecule has 1 aliphatic rings. The Balaban J connectivity index is 1.58. The first kappa shape index (κ1) is 27.7. The lowest BCUT2D eigenvalue weighted by molar-refractivity contribution is -0.122. The maximum atomic E-state index is 13.2. The van der Waals surface area contributed by atoms with Gasteiger partial charge >= 0.3 is 6.03 Å². The van der Waals surface area contributed by atoms with Gasteiger partial charge in [0.05, 0.1) is 17.3 Å². The summed E-state index contributed by atoms with van der Waals surface area (Å²) in [5.74, 6) is -1.76. The Morgan fingerprint density at radius 2 is 1.77 bits per heavy atom. The van der Waals surface area contributed by atoms with Gasteiger partial charge in [0.1, 0.15) is 5.57 Å². The molecule has 3 aromatic carbocycles. The van der Waals surface area contributed by atoms with Crippen LogP contribution in [0.5, 0.6) is 11.5 Å². The van der Waals surface area contributed by atoms with Crippen molar-refractivity contribution < 1.29 is 28.7 Å². The van der Waals surface area contributed by atoms with Crippen molar-refractivity contribution in [1.82, 2.24) is 5.32 Å². The number of barbiturate groups is 1. The first-order valence-corrected chi connectivity index (χ1v) is 12.5. The second-order valence-corrected chi connectivity index (χ2v) is 9.25. The monoisotopic (exact) mass is 567 g/mol. The molecule has 11 heteroatoms. The fourth-order valence-electron chi connectivity index (χ4n) is 3.78. The third-order valence-corrected chi connectivity index (χ3v) is 6.01. The SMILES string of the molecule is CCOc1cc(/C=C2\C(=O)NC(=O)N(c3ccc(Cl)cc3)C2=O)cc(Cl)c1OCC(=O)Nc1cccc(C)c1. The van der Waals surface area contributed by atoms with Gasteiger partial charge in [0.25, 0.3) is 17.7 Å². The number of hydrogen-bond acceptors (Lipinski definition) is 6. The molecule has 200 valence electrons. The Hall–Kier alpha value is -4.34. The number of anilines is 2. The van der Waals surface area contributed by atoms with E-state index in [9.17, 15) is 19.2 Å². The third kappa shape index (κ3) is 6.57. The van der Waals surface area contributed by atoms with Crippen LogP contribution in [0.1, 0.15) is 18.1 Å². The van der Waals surface area contributed by atoms with E-state index in [2.05, 4.69) is 10.6 Å². The summed E-state index contributed by atoms with van der Waals surface area (Å²) in [6, 6.07) is 15.4. The van der Waals surface area contributed by atoms with Crippen molar-refractivity contribution in [2.75, 3.05) is 23.4 Å². The van der Waals surface area contributed by atoms with Crippen LogP contribution in [0.4, 0.5) is 16.2 Å². The molecule has 1 fully saturated rings. The minimum absolute atomic E-state index is 0.0884. The maximum absolute atomic E-state index is 13.2. The van der Waals surface area contributed by atoms with Gasteiger partial charge in [0, 0.05) is 10.7 Å². The van der Waals surface area contributed by atoms with E-state index in [0.29, 0.717) is 16.3 Å². The van der Waals surface area contributed by atoms with Gasteiger partial charge in [-0.3, -0.25) is 19.7 Å². The zero-order valence-electron chi connectivity index (χ0n) is 20.9. The van der Waals surface area contributed by atoms with E-state index in [4.69, 9.17) is 32.7 Å². The number of nitrogens with one attached hydrogen (secondary N) is 2. The summed E-state index contributed by atoms with van der Waals surface area (Å²) < 4.78 is 11.3. The van der Waals surface area contributed by atoms with Crippen molar-refractivity contribution in [3.63, 3.8) is 0 Å². The van der Waals surface area contributed by atoms with Gasteiger partial charge in [0.2, 0.25) is 0 Å². The zero-order valence-corrected chi connectivity index (χ0v) is 22.4. The number of rotatable bonds is 8. The number of hydrogen-bond donors (Lipinski definition) is 2. The third-order valence-electron chi connectivity index (χ3n) is 5.48. The molecule has 0 bridgehead atoms. The molecule has 1 saturated heterocycles. The lowest BCUT2D eigenvalue weighted by Crippen LogP contribution is -2.54. The predicted molar refractivity (Wildman–Crippen MR) is 148 cm³/mol. The molecule has 9 nitrogen and oxygen atoms in total. The van der Waals surface area contributed by atoms with Gasteiger partial charge in [-0.2, -0.15) is 0 Å². The molecule has 3 aromatic rings. The van der Waals surface area contributed by atoms with Crippen LogP contribution >= 0.6 is 23.2 Å². The fraction of sp³-hybridized carbons (Fsp3) is 0.143. The van der Waals surface area contributed by atoms with Crippen LogP contribution in [-0.4, -0.2) is 37.0 Å². The molecule has 0 radical (unpaired) electrons. The molecule has 1 aliphatic heterocycles. The van der Waals surface area contributed by atoms with Crippen molar-refractivity contribution in [1.29, 1.82) is 0 Å². The summed E-state index contributed by atoms with van der Waals surface area (Å²) in [6.45, 7) is 3.57. The highest BCUT2D eigenvalue weighted by Crippen LogP contribution is 2.37. The predicted octanol–water partition coefficient (Wildman–Crippen LogP) is 5.38. The van der Waals surface area contributed by atoms with Crippen LogP contribution in [0.2, 0.25) is 10.0 Å². The number of halogens is 2. The minimum atomic E-state index is -0.884. The number of amides is 5. The number of carbonyl (C=O) groups is 4. The van der Waals surface area contributed by atoms with E-state index in [0.717, 1.165) is 10.5 Å². The number of ether oxygens (including phenoxy) is 2. The molecule has 4 rings (SSSR count). The number of benzene rings is 3. The number of nitrogens with zero attached hydrogens (tertiary/aromatic N) is 1. The second kappa shape index (κ2) is 12.0. The molecule has 2 N–H and O–H groups in total. The van der Waals surface area contributed by atoms with Crippen molar-refractivity contribution >= 4 is 64.4 Å². The molecule has 0 unspecified atom stereocenters. The molecule has 0 atom stereocenters. The van der Waals surface area contributed by atoms with Crippen LogP contribution in [-0.2, 0) is 14.4 Å². The Morgan fingerprint density at radius 1 is 1.03 bits per heavy atom. The zero-order chi connectivity index (χ0) is 28.1. The van der Waals surface area contributed by atoms with Gasteiger partial charge in [-0.05, 0) is 79.6 Å². The largest absolute Gasteiger partial charge is 0.490 e. The second-order valence-electron chi connectivity index (χ2n) is 8.40. The number of imide groups is 2. The van der Waals surface area contributed by atoms with Gasteiger partial charge < -0.3 is 14.8 Å².